The molecule has 0 bridgehead atoms. The number of hydrogen-bond donors (Lipinski definition) is 0. The smallest absolute Gasteiger partial charge is 0.0700 e. The molecule has 2 nitrogen and oxygen atoms in total. The highest BCUT2D eigenvalue weighted by Crippen LogP contribution is 2.23. The van der Waals surface area contributed by atoms with Gasteiger partial charge >= 0.3 is 0 Å². The molecule has 0 atom stereocenters. The van der Waals surface area contributed by atoms with Gasteiger partial charge in [-0.05, 0) is 18.3 Å². The summed E-state index contributed by atoms with van der Waals surface area (Å²) in [5.74, 6) is 0.713. The Hall–Kier alpha value is 0.210. The van der Waals surface area contributed by atoms with Gasteiger partial charge in [-0.1, -0.05) is 13.8 Å². The predicted molar refractivity (Wildman–Crippen MR) is 56.4 cm³/mol. The van der Waals surface area contributed by atoms with E-state index in [0.29, 0.717) is 19.1 Å². The lowest BCUT2D eigenvalue weighted by Crippen LogP contribution is -2.14. The number of halogens is 1. The van der Waals surface area contributed by atoms with E-state index in [0.717, 1.165) is 19.4 Å². The monoisotopic (exact) mass is 208 g/mol. The van der Waals surface area contributed by atoms with E-state index < -0.39 is 0 Å². The van der Waals surface area contributed by atoms with Gasteiger partial charge in [0.25, 0.3) is 0 Å². The van der Waals surface area contributed by atoms with E-state index in [1.807, 2.05) is 0 Å². The van der Waals surface area contributed by atoms with Gasteiger partial charge in [0.15, 0.2) is 0 Å². The van der Waals surface area contributed by atoms with Crippen molar-refractivity contribution in [2.45, 2.75) is 26.7 Å². The fourth-order valence-corrected chi connectivity index (χ4v) is 1.10. The lowest BCUT2D eigenvalue weighted by Gasteiger charge is -2.20. The van der Waals surface area contributed by atoms with Crippen molar-refractivity contribution in [3.05, 3.63) is 0 Å². The van der Waals surface area contributed by atoms with Crippen LogP contribution in [0.5, 0.6) is 0 Å². The van der Waals surface area contributed by atoms with Crippen molar-refractivity contribution in [2.24, 2.45) is 5.41 Å². The fraction of sp³-hybridized carbons (Fsp3) is 1.00. The van der Waals surface area contributed by atoms with Crippen LogP contribution in [0.3, 0.4) is 0 Å². The number of alkyl halides is 1. The third-order valence-electron chi connectivity index (χ3n) is 1.94. The fourth-order valence-electron chi connectivity index (χ4n) is 0.964. The van der Waals surface area contributed by atoms with E-state index >= 15 is 0 Å². The Bertz CT molecular complexity index is 115. The summed E-state index contributed by atoms with van der Waals surface area (Å²) in [6.07, 6.45) is 2.19. The second-order valence-electron chi connectivity index (χ2n) is 4.01. The third kappa shape index (κ3) is 8.54. The molecule has 0 aliphatic heterocycles. The molecule has 0 heterocycles. The molecule has 0 aliphatic rings. The standard InChI is InChI=1S/C10H21ClO2/c1-10(2,9-11)5-4-6-13-8-7-12-3/h4-9H2,1-3H3. The highest BCUT2D eigenvalue weighted by Gasteiger charge is 2.15. The number of ether oxygens (including phenoxy) is 2. The van der Waals surface area contributed by atoms with Crippen molar-refractivity contribution < 1.29 is 9.47 Å². The van der Waals surface area contributed by atoms with Crippen LogP contribution in [0.25, 0.3) is 0 Å². The Morgan fingerprint density at radius 1 is 1.15 bits per heavy atom. The van der Waals surface area contributed by atoms with Crippen LogP contribution in [-0.4, -0.2) is 32.8 Å². The molecule has 0 aliphatic carbocycles. The summed E-state index contributed by atoms with van der Waals surface area (Å²) in [5, 5.41) is 0. The van der Waals surface area contributed by atoms with Crippen LogP contribution in [0.4, 0.5) is 0 Å². The van der Waals surface area contributed by atoms with E-state index in [9.17, 15) is 0 Å². The van der Waals surface area contributed by atoms with Gasteiger partial charge in [-0.3, -0.25) is 0 Å². The Labute approximate surface area is 86.6 Å². The first-order chi connectivity index (χ1) is 6.12. The van der Waals surface area contributed by atoms with Crippen LogP contribution in [0.15, 0.2) is 0 Å². The minimum Gasteiger partial charge on any atom is -0.382 e. The largest absolute Gasteiger partial charge is 0.382 e. The van der Waals surface area contributed by atoms with Crippen LogP contribution >= 0.6 is 11.6 Å². The molecule has 0 rings (SSSR count). The molecule has 0 aromatic heterocycles. The summed E-state index contributed by atoms with van der Waals surface area (Å²) >= 11 is 5.79. The number of hydrogen-bond acceptors (Lipinski definition) is 2. The first kappa shape index (κ1) is 13.2. The third-order valence-corrected chi connectivity index (χ3v) is 2.66. The molecule has 0 radical (unpaired) electrons. The zero-order valence-electron chi connectivity index (χ0n) is 8.94. The first-order valence-corrected chi connectivity index (χ1v) is 5.28. The summed E-state index contributed by atoms with van der Waals surface area (Å²) < 4.78 is 10.2. The Morgan fingerprint density at radius 3 is 2.38 bits per heavy atom. The Morgan fingerprint density at radius 2 is 1.85 bits per heavy atom. The summed E-state index contributed by atoms with van der Waals surface area (Å²) in [7, 11) is 1.68. The molecule has 0 saturated carbocycles. The van der Waals surface area contributed by atoms with E-state index in [4.69, 9.17) is 21.1 Å². The van der Waals surface area contributed by atoms with E-state index in [1.165, 1.54) is 0 Å². The maximum absolute atomic E-state index is 5.79. The van der Waals surface area contributed by atoms with Crippen LogP contribution in [-0.2, 0) is 9.47 Å². The quantitative estimate of drug-likeness (QED) is 0.451. The van der Waals surface area contributed by atoms with E-state index in [2.05, 4.69) is 13.8 Å². The number of methoxy groups -OCH3 is 1. The van der Waals surface area contributed by atoms with Gasteiger partial charge in [0.1, 0.15) is 0 Å². The van der Waals surface area contributed by atoms with Crippen LogP contribution < -0.4 is 0 Å². The van der Waals surface area contributed by atoms with Crippen LogP contribution in [0, 0.1) is 5.41 Å². The molecule has 3 heteroatoms. The topological polar surface area (TPSA) is 18.5 Å². The molecule has 0 aromatic carbocycles. The molecule has 0 fully saturated rings. The van der Waals surface area contributed by atoms with Crippen molar-refractivity contribution in [1.29, 1.82) is 0 Å². The maximum atomic E-state index is 5.79. The first-order valence-electron chi connectivity index (χ1n) is 4.75. The normalized spacial score (nSPS) is 12.0. The van der Waals surface area contributed by atoms with Gasteiger partial charge in [-0.15, -0.1) is 11.6 Å². The summed E-state index contributed by atoms with van der Waals surface area (Å²) in [6.45, 7) is 6.53. The molecular weight excluding hydrogens is 188 g/mol. The maximum Gasteiger partial charge on any atom is 0.0700 e. The summed E-state index contributed by atoms with van der Waals surface area (Å²) in [4.78, 5) is 0. The zero-order valence-corrected chi connectivity index (χ0v) is 9.69. The second kappa shape index (κ2) is 7.60. The lowest BCUT2D eigenvalue weighted by atomic mass is 9.90. The van der Waals surface area contributed by atoms with Crippen molar-refractivity contribution in [1.82, 2.24) is 0 Å². The summed E-state index contributed by atoms with van der Waals surface area (Å²) in [5.41, 5.74) is 0.242. The predicted octanol–water partition coefficient (Wildman–Crippen LogP) is 2.69. The van der Waals surface area contributed by atoms with Gasteiger partial charge in [0.05, 0.1) is 13.2 Å². The SMILES string of the molecule is COCCOCCCC(C)(C)CCl. The van der Waals surface area contributed by atoms with Crippen LogP contribution in [0.2, 0.25) is 0 Å². The lowest BCUT2D eigenvalue weighted by molar-refractivity contribution is 0.0656. The highest BCUT2D eigenvalue weighted by atomic mass is 35.5. The molecule has 0 N–H and O–H groups in total. The Kier molecular flexibility index (Phi) is 7.72. The molecule has 0 saturated heterocycles. The molecule has 0 aromatic rings. The van der Waals surface area contributed by atoms with Gasteiger partial charge in [-0.2, -0.15) is 0 Å². The minimum atomic E-state index is 0.242. The molecule has 13 heavy (non-hydrogen) atoms. The van der Waals surface area contributed by atoms with Gasteiger partial charge < -0.3 is 9.47 Å². The van der Waals surface area contributed by atoms with Gasteiger partial charge in [0, 0.05) is 19.6 Å². The van der Waals surface area contributed by atoms with Crippen molar-refractivity contribution in [3.63, 3.8) is 0 Å². The molecule has 0 amide bonds. The van der Waals surface area contributed by atoms with Crippen LogP contribution in [0.1, 0.15) is 26.7 Å². The van der Waals surface area contributed by atoms with Crippen molar-refractivity contribution in [3.8, 4) is 0 Å². The zero-order chi connectivity index (χ0) is 10.2. The molecule has 80 valence electrons. The Balaban J connectivity index is 3.16. The minimum absolute atomic E-state index is 0.242. The second-order valence-corrected chi connectivity index (χ2v) is 4.27. The van der Waals surface area contributed by atoms with E-state index in [1.54, 1.807) is 7.11 Å². The highest BCUT2D eigenvalue weighted by molar-refractivity contribution is 6.18. The average Bonchev–Trinajstić information content (AvgIpc) is 2.11. The molecule has 0 unspecified atom stereocenters. The van der Waals surface area contributed by atoms with E-state index in [-0.39, 0.29) is 5.41 Å². The number of rotatable bonds is 8. The average molecular weight is 209 g/mol. The van der Waals surface area contributed by atoms with Gasteiger partial charge in [-0.25, -0.2) is 0 Å². The molecular formula is C10H21ClO2. The summed E-state index contributed by atoms with van der Waals surface area (Å²) in [6, 6.07) is 0. The van der Waals surface area contributed by atoms with Crippen molar-refractivity contribution >= 4 is 11.6 Å². The van der Waals surface area contributed by atoms with Gasteiger partial charge in [0.2, 0.25) is 0 Å². The van der Waals surface area contributed by atoms with Crippen molar-refractivity contribution in [2.75, 3.05) is 32.8 Å². The molecule has 0 spiro atoms.